The number of nitrogens with two attached hydrogens (primary N) is 1. The summed E-state index contributed by atoms with van der Waals surface area (Å²) in [5, 5.41) is 22.8. The number of aromatic nitrogens is 1. The van der Waals surface area contributed by atoms with Crippen LogP contribution in [-0.4, -0.2) is 26.4 Å². The molecule has 1 aliphatic heterocycles. The van der Waals surface area contributed by atoms with Crippen LogP contribution in [0.3, 0.4) is 0 Å². The fraction of sp³-hybridized carbons (Fsp3) is 0.167. The molecular formula is C6H8N4O2. The summed E-state index contributed by atoms with van der Waals surface area (Å²) in [5.74, 6) is -1.90. The monoisotopic (exact) mass is 168 g/mol. The molecule has 6 heteroatoms. The third kappa shape index (κ3) is 0.765. The van der Waals surface area contributed by atoms with Crippen LogP contribution in [0.25, 0.3) is 0 Å². The quantitative estimate of drug-likeness (QED) is 0.436. The van der Waals surface area contributed by atoms with Gasteiger partial charge in [-0.05, 0) is 12.1 Å². The molecule has 0 saturated carbocycles. The van der Waals surface area contributed by atoms with Gasteiger partial charge in [-0.15, -0.1) is 0 Å². The van der Waals surface area contributed by atoms with Crippen molar-refractivity contribution in [3.8, 4) is 0 Å². The van der Waals surface area contributed by atoms with Crippen molar-refractivity contribution in [2.75, 3.05) is 0 Å². The topological polar surface area (TPSA) is 87.0 Å². The average molecular weight is 168 g/mol. The highest BCUT2D eigenvalue weighted by atomic mass is 16.6. The van der Waals surface area contributed by atoms with Crippen LogP contribution >= 0.6 is 0 Å². The molecular weight excluding hydrogens is 160 g/mol. The molecule has 0 saturated heterocycles. The largest absolute Gasteiger partial charge is 0.352 e. The third-order valence-corrected chi connectivity index (χ3v) is 1.74. The van der Waals surface area contributed by atoms with E-state index in [1.54, 1.807) is 18.3 Å². The molecule has 64 valence electrons. The summed E-state index contributed by atoms with van der Waals surface area (Å²) in [6.45, 7) is 0. The van der Waals surface area contributed by atoms with E-state index in [-0.39, 0.29) is 0 Å². The summed E-state index contributed by atoms with van der Waals surface area (Å²) in [6.07, 6.45) is 2.66. The molecule has 1 aromatic heterocycles. The standard InChI is InChI=1S/C6H8N4O2/c7-6(11)5-2-1-3-9(5)8-4-10(6)12/h1-4,11-12H,7H2. The fourth-order valence-corrected chi connectivity index (χ4v) is 1.07. The average Bonchev–Trinajstić information content (AvgIpc) is 2.46. The Morgan fingerprint density at radius 2 is 2.33 bits per heavy atom. The first kappa shape index (κ1) is 7.29. The highest BCUT2D eigenvalue weighted by molar-refractivity contribution is 5.56. The maximum atomic E-state index is 9.53. The maximum Gasteiger partial charge on any atom is 0.262 e. The van der Waals surface area contributed by atoms with Gasteiger partial charge in [0, 0.05) is 6.20 Å². The molecule has 1 aromatic rings. The van der Waals surface area contributed by atoms with E-state index in [9.17, 15) is 5.11 Å². The van der Waals surface area contributed by atoms with Crippen LogP contribution < -0.4 is 5.73 Å². The number of fused-ring (bicyclic) bond motifs is 1. The summed E-state index contributed by atoms with van der Waals surface area (Å²) in [5.41, 5.74) is 5.71. The molecule has 4 N–H and O–H groups in total. The minimum atomic E-state index is -1.90. The molecule has 2 rings (SSSR count). The van der Waals surface area contributed by atoms with E-state index in [1.807, 2.05) is 0 Å². The van der Waals surface area contributed by atoms with Gasteiger partial charge in [0.15, 0.2) is 0 Å². The predicted octanol–water partition coefficient (Wildman–Crippen LogP) is -0.954. The lowest BCUT2D eigenvalue weighted by Crippen LogP contribution is -2.53. The molecule has 1 unspecified atom stereocenters. The zero-order valence-electron chi connectivity index (χ0n) is 6.12. The van der Waals surface area contributed by atoms with Crippen LogP contribution in [0, 0.1) is 0 Å². The molecule has 0 aromatic carbocycles. The number of hydroxylamine groups is 2. The molecule has 0 amide bonds. The van der Waals surface area contributed by atoms with E-state index in [2.05, 4.69) is 5.10 Å². The van der Waals surface area contributed by atoms with E-state index < -0.39 is 5.85 Å². The number of aliphatic hydroxyl groups is 1. The van der Waals surface area contributed by atoms with Gasteiger partial charge in [0.05, 0.1) is 0 Å². The van der Waals surface area contributed by atoms with Crippen LogP contribution in [0.15, 0.2) is 23.4 Å². The summed E-state index contributed by atoms with van der Waals surface area (Å²) >= 11 is 0. The summed E-state index contributed by atoms with van der Waals surface area (Å²) in [7, 11) is 0. The summed E-state index contributed by atoms with van der Waals surface area (Å²) < 4.78 is 1.38. The SMILES string of the molecule is NC1(O)c2cccn2N=CN1O. The minimum Gasteiger partial charge on any atom is -0.352 e. The highest BCUT2D eigenvalue weighted by Crippen LogP contribution is 2.20. The van der Waals surface area contributed by atoms with Gasteiger partial charge in [0.2, 0.25) is 0 Å². The molecule has 0 fully saturated rings. The van der Waals surface area contributed by atoms with Crippen LogP contribution in [0.5, 0.6) is 0 Å². The Hall–Kier alpha value is -1.37. The minimum absolute atomic E-state index is 0.313. The molecule has 1 atom stereocenters. The second-order valence-electron chi connectivity index (χ2n) is 2.54. The van der Waals surface area contributed by atoms with Gasteiger partial charge in [-0.2, -0.15) is 10.2 Å². The van der Waals surface area contributed by atoms with Gasteiger partial charge in [0.25, 0.3) is 5.85 Å². The van der Waals surface area contributed by atoms with Gasteiger partial charge < -0.3 is 5.11 Å². The molecule has 6 nitrogen and oxygen atoms in total. The fourth-order valence-electron chi connectivity index (χ4n) is 1.07. The van der Waals surface area contributed by atoms with Gasteiger partial charge >= 0.3 is 0 Å². The molecule has 2 heterocycles. The zero-order valence-corrected chi connectivity index (χ0v) is 6.12. The Balaban J connectivity index is 2.58. The molecule has 0 aliphatic carbocycles. The highest BCUT2D eigenvalue weighted by Gasteiger charge is 2.35. The van der Waals surface area contributed by atoms with Crippen molar-refractivity contribution >= 4 is 6.34 Å². The first-order valence-corrected chi connectivity index (χ1v) is 3.34. The maximum absolute atomic E-state index is 9.53. The van der Waals surface area contributed by atoms with Gasteiger partial charge in [0.1, 0.15) is 12.0 Å². The van der Waals surface area contributed by atoms with Crippen molar-refractivity contribution in [2.24, 2.45) is 10.8 Å². The van der Waals surface area contributed by atoms with E-state index in [0.29, 0.717) is 10.8 Å². The Morgan fingerprint density at radius 1 is 1.58 bits per heavy atom. The number of hydrogen-bond donors (Lipinski definition) is 3. The molecule has 0 radical (unpaired) electrons. The number of rotatable bonds is 0. The normalized spacial score (nSPS) is 27.4. The van der Waals surface area contributed by atoms with Gasteiger partial charge in [-0.3, -0.25) is 10.9 Å². The Bertz CT molecular complexity index is 330. The smallest absolute Gasteiger partial charge is 0.262 e. The Kier molecular flexibility index (Phi) is 1.26. The van der Waals surface area contributed by atoms with Crippen molar-refractivity contribution in [1.29, 1.82) is 0 Å². The molecule has 0 spiro atoms. The third-order valence-electron chi connectivity index (χ3n) is 1.74. The lowest BCUT2D eigenvalue weighted by molar-refractivity contribution is -0.220. The van der Waals surface area contributed by atoms with Gasteiger partial charge in [-0.1, -0.05) is 0 Å². The second-order valence-corrected chi connectivity index (χ2v) is 2.54. The lowest BCUT2D eigenvalue weighted by atomic mass is 10.3. The van der Waals surface area contributed by atoms with Crippen molar-refractivity contribution in [3.63, 3.8) is 0 Å². The van der Waals surface area contributed by atoms with Crippen molar-refractivity contribution in [2.45, 2.75) is 5.85 Å². The van der Waals surface area contributed by atoms with Crippen LogP contribution in [0.1, 0.15) is 5.69 Å². The number of hydrogen-bond acceptors (Lipinski definition) is 5. The van der Waals surface area contributed by atoms with Crippen molar-refractivity contribution in [3.05, 3.63) is 24.0 Å². The van der Waals surface area contributed by atoms with Crippen molar-refractivity contribution in [1.82, 2.24) is 9.74 Å². The van der Waals surface area contributed by atoms with Crippen LogP contribution in [0.4, 0.5) is 0 Å². The predicted molar refractivity (Wildman–Crippen MR) is 40.0 cm³/mol. The second kappa shape index (κ2) is 2.07. The van der Waals surface area contributed by atoms with Gasteiger partial charge in [-0.25, -0.2) is 4.68 Å². The van der Waals surface area contributed by atoms with Crippen LogP contribution in [0.2, 0.25) is 0 Å². The Morgan fingerprint density at radius 3 is 3.08 bits per heavy atom. The summed E-state index contributed by atoms with van der Waals surface area (Å²) in [6, 6.07) is 3.24. The van der Waals surface area contributed by atoms with E-state index >= 15 is 0 Å². The van der Waals surface area contributed by atoms with E-state index in [0.717, 1.165) is 6.34 Å². The molecule has 12 heavy (non-hydrogen) atoms. The zero-order chi connectivity index (χ0) is 8.77. The molecule has 1 aliphatic rings. The van der Waals surface area contributed by atoms with Crippen molar-refractivity contribution < 1.29 is 10.3 Å². The number of nitrogens with zero attached hydrogens (tertiary/aromatic N) is 3. The molecule has 0 bridgehead atoms. The lowest BCUT2D eigenvalue weighted by Gasteiger charge is -2.32. The first-order valence-electron chi connectivity index (χ1n) is 3.34. The Labute approximate surface area is 68.1 Å². The first-order chi connectivity index (χ1) is 5.62. The van der Waals surface area contributed by atoms with Crippen LogP contribution in [-0.2, 0) is 5.85 Å². The van der Waals surface area contributed by atoms with E-state index in [4.69, 9.17) is 10.9 Å². The van der Waals surface area contributed by atoms with E-state index in [1.165, 1.54) is 4.68 Å². The summed E-state index contributed by atoms with van der Waals surface area (Å²) in [4.78, 5) is 0.